The van der Waals surface area contributed by atoms with Gasteiger partial charge in [0.15, 0.2) is 17.6 Å². The molecule has 0 saturated carbocycles. The molecule has 2 aromatic rings. The number of carbonyl (C=O) groups is 1. The summed E-state index contributed by atoms with van der Waals surface area (Å²) in [5.74, 6) is 1.22. The van der Waals surface area contributed by atoms with Crippen molar-refractivity contribution in [2.75, 3.05) is 20.8 Å². The number of aryl methyl sites for hydroxylation is 1. The first kappa shape index (κ1) is 17.8. The van der Waals surface area contributed by atoms with Crippen molar-refractivity contribution >= 4 is 5.78 Å². The second kappa shape index (κ2) is 7.84. The largest absolute Gasteiger partial charge is 0.496 e. The zero-order chi connectivity index (χ0) is 17.7. The minimum absolute atomic E-state index is 0.315. The maximum atomic E-state index is 12.7. The van der Waals surface area contributed by atoms with Gasteiger partial charge in [0.1, 0.15) is 5.75 Å². The number of methoxy groups -OCH3 is 2. The minimum atomic E-state index is -1.02. The van der Waals surface area contributed by atoms with E-state index in [1.807, 2.05) is 13.8 Å². The first-order chi connectivity index (χ1) is 11.5. The minimum Gasteiger partial charge on any atom is -0.496 e. The number of rotatable bonds is 7. The summed E-state index contributed by atoms with van der Waals surface area (Å²) < 4.78 is 16.2. The molecule has 0 fully saturated rings. The van der Waals surface area contributed by atoms with E-state index in [0.29, 0.717) is 22.8 Å². The predicted molar refractivity (Wildman–Crippen MR) is 91.3 cm³/mol. The van der Waals surface area contributed by atoms with Crippen LogP contribution in [0.2, 0.25) is 0 Å². The molecule has 0 bridgehead atoms. The third-order valence-corrected chi connectivity index (χ3v) is 3.92. The van der Waals surface area contributed by atoms with Gasteiger partial charge in [-0.25, -0.2) is 0 Å². The SMILES string of the molecule is COc1ccccc1OC(CO)C(=O)c1cc(C)c(C)c(OC)c1. The van der Waals surface area contributed by atoms with Crippen LogP contribution in [-0.4, -0.2) is 37.8 Å². The summed E-state index contributed by atoms with van der Waals surface area (Å²) in [7, 11) is 3.08. The van der Waals surface area contributed by atoms with Gasteiger partial charge in [0.25, 0.3) is 0 Å². The molecule has 0 aliphatic rings. The smallest absolute Gasteiger partial charge is 0.205 e. The van der Waals surface area contributed by atoms with E-state index in [9.17, 15) is 9.90 Å². The number of hydrogen-bond acceptors (Lipinski definition) is 5. The number of para-hydroxylation sites is 2. The van der Waals surface area contributed by atoms with E-state index >= 15 is 0 Å². The van der Waals surface area contributed by atoms with Crippen LogP contribution in [0.1, 0.15) is 21.5 Å². The fourth-order valence-electron chi connectivity index (χ4n) is 2.41. The highest BCUT2D eigenvalue weighted by atomic mass is 16.5. The highest BCUT2D eigenvalue weighted by Crippen LogP contribution is 2.28. The van der Waals surface area contributed by atoms with Gasteiger partial charge in [-0.3, -0.25) is 4.79 Å². The van der Waals surface area contributed by atoms with E-state index in [1.165, 1.54) is 7.11 Å². The highest BCUT2D eigenvalue weighted by molar-refractivity contribution is 6.00. The van der Waals surface area contributed by atoms with Gasteiger partial charge in [-0.2, -0.15) is 0 Å². The fourth-order valence-corrected chi connectivity index (χ4v) is 2.41. The van der Waals surface area contributed by atoms with Crippen molar-refractivity contribution < 1.29 is 24.1 Å². The summed E-state index contributed by atoms with van der Waals surface area (Å²) in [6, 6.07) is 10.4. The Bertz CT molecular complexity index is 724. The van der Waals surface area contributed by atoms with Crippen LogP contribution >= 0.6 is 0 Å². The molecule has 0 saturated heterocycles. The van der Waals surface area contributed by atoms with Gasteiger partial charge in [0.2, 0.25) is 5.78 Å². The summed E-state index contributed by atoms with van der Waals surface area (Å²) in [4.78, 5) is 12.7. The van der Waals surface area contributed by atoms with Gasteiger partial charge in [-0.05, 0) is 49.2 Å². The molecule has 2 aromatic carbocycles. The molecule has 0 aliphatic carbocycles. The molecule has 24 heavy (non-hydrogen) atoms. The van der Waals surface area contributed by atoms with E-state index in [1.54, 1.807) is 43.5 Å². The summed E-state index contributed by atoms with van der Waals surface area (Å²) >= 11 is 0. The molecule has 0 heterocycles. The Morgan fingerprint density at radius 3 is 2.25 bits per heavy atom. The van der Waals surface area contributed by atoms with Gasteiger partial charge >= 0.3 is 0 Å². The number of ether oxygens (including phenoxy) is 3. The van der Waals surface area contributed by atoms with E-state index < -0.39 is 12.7 Å². The van der Waals surface area contributed by atoms with Crippen molar-refractivity contribution in [3.8, 4) is 17.2 Å². The third-order valence-electron chi connectivity index (χ3n) is 3.92. The van der Waals surface area contributed by atoms with Crippen LogP contribution in [0, 0.1) is 13.8 Å². The Hall–Kier alpha value is -2.53. The average Bonchev–Trinajstić information content (AvgIpc) is 2.61. The van der Waals surface area contributed by atoms with Crippen LogP contribution < -0.4 is 14.2 Å². The Balaban J connectivity index is 2.31. The monoisotopic (exact) mass is 330 g/mol. The number of Topliss-reactive ketones (excluding diaryl/α,β-unsaturated/α-hetero) is 1. The van der Waals surface area contributed by atoms with Crippen LogP contribution in [0.25, 0.3) is 0 Å². The molecule has 0 radical (unpaired) electrons. The summed E-state index contributed by atoms with van der Waals surface area (Å²) in [5.41, 5.74) is 2.34. The van der Waals surface area contributed by atoms with Gasteiger partial charge in [-0.1, -0.05) is 12.1 Å². The lowest BCUT2D eigenvalue weighted by molar-refractivity contribution is 0.0651. The van der Waals surface area contributed by atoms with Crippen molar-refractivity contribution in [1.82, 2.24) is 0 Å². The summed E-state index contributed by atoms with van der Waals surface area (Å²) in [6.45, 7) is 3.40. The average molecular weight is 330 g/mol. The number of aliphatic hydroxyl groups excluding tert-OH is 1. The number of carbonyl (C=O) groups excluding carboxylic acids is 1. The van der Waals surface area contributed by atoms with Crippen molar-refractivity contribution in [3.63, 3.8) is 0 Å². The highest BCUT2D eigenvalue weighted by Gasteiger charge is 2.24. The molecule has 0 amide bonds. The first-order valence-corrected chi connectivity index (χ1v) is 7.61. The lowest BCUT2D eigenvalue weighted by Gasteiger charge is -2.19. The Morgan fingerprint density at radius 2 is 1.67 bits per heavy atom. The second-order valence-corrected chi connectivity index (χ2v) is 5.42. The number of benzene rings is 2. The first-order valence-electron chi connectivity index (χ1n) is 7.61. The number of aliphatic hydroxyl groups is 1. The van der Waals surface area contributed by atoms with Crippen LogP contribution in [0.4, 0.5) is 0 Å². The number of ketones is 1. The Morgan fingerprint density at radius 1 is 1.04 bits per heavy atom. The topological polar surface area (TPSA) is 65.0 Å². The van der Waals surface area contributed by atoms with Gasteiger partial charge < -0.3 is 19.3 Å². The van der Waals surface area contributed by atoms with Crippen molar-refractivity contribution in [3.05, 3.63) is 53.1 Å². The molecule has 1 atom stereocenters. The standard InChI is InChI=1S/C19H22O5/c1-12-9-14(10-17(23-4)13(12)2)19(21)18(11-20)24-16-8-6-5-7-15(16)22-3/h5-10,18,20H,11H2,1-4H3. The second-order valence-electron chi connectivity index (χ2n) is 5.42. The third kappa shape index (κ3) is 3.68. The van der Waals surface area contributed by atoms with Crippen LogP contribution in [0.3, 0.4) is 0 Å². The normalized spacial score (nSPS) is 11.7. The maximum Gasteiger partial charge on any atom is 0.205 e. The molecule has 5 heteroatoms. The zero-order valence-corrected chi connectivity index (χ0v) is 14.3. The molecule has 128 valence electrons. The zero-order valence-electron chi connectivity index (χ0n) is 14.3. The fraction of sp³-hybridized carbons (Fsp3) is 0.316. The van der Waals surface area contributed by atoms with E-state index in [-0.39, 0.29) is 5.78 Å². The quantitative estimate of drug-likeness (QED) is 0.791. The van der Waals surface area contributed by atoms with Crippen molar-refractivity contribution in [2.45, 2.75) is 20.0 Å². The summed E-state index contributed by atoms with van der Waals surface area (Å²) in [5, 5.41) is 9.62. The molecule has 1 N–H and O–H groups in total. The maximum absolute atomic E-state index is 12.7. The summed E-state index contributed by atoms with van der Waals surface area (Å²) in [6.07, 6.45) is -1.02. The van der Waals surface area contributed by atoms with Crippen molar-refractivity contribution in [1.29, 1.82) is 0 Å². The molecule has 0 spiro atoms. The van der Waals surface area contributed by atoms with E-state index in [2.05, 4.69) is 0 Å². The van der Waals surface area contributed by atoms with Crippen LogP contribution in [0.15, 0.2) is 36.4 Å². The van der Waals surface area contributed by atoms with Crippen molar-refractivity contribution in [2.24, 2.45) is 0 Å². The van der Waals surface area contributed by atoms with Gasteiger partial charge in [-0.15, -0.1) is 0 Å². The number of hydrogen-bond donors (Lipinski definition) is 1. The Kier molecular flexibility index (Phi) is 5.82. The lowest BCUT2D eigenvalue weighted by Crippen LogP contribution is -2.31. The molecular weight excluding hydrogens is 308 g/mol. The van der Waals surface area contributed by atoms with E-state index in [0.717, 1.165) is 11.1 Å². The van der Waals surface area contributed by atoms with Crippen LogP contribution in [0.5, 0.6) is 17.2 Å². The lowest BCUT2D eigenvalue weighted by atomic mass is 10.00. The molecule has 5 nitrogen and oxygen atoms in total. The van der Waals surface area contributed by atoms with E-state index in [4.69, 9.17) is 14.2 Å². The molecular formula is C19H22O5. The van der Waals surface area contributed by atoms with Gasteiger partial charge in [0, 0.05) is 5.56 Å². The molecule has 0 aliphatic heterocycles. The molecule has 1 unspecified atom stereocenters. The Labute approximate surface area is 141 Å². The molecule has 0 aromatic heterocycles. The van der Waals surface area contributed by atoms with Gasteiger partial charge in [0.05, 0.1) is 20.8 Å². The predicted octanol–water partition coefficient (Wildman–Crippen LogP) is 2.94. The molecule has 2 rings (SSSR count). The van der Waals surface area contributed by atoms with Crippen LogP contribution in [-0.2, 0) is 0 Å².